The number of hydrogen-bond donors (Lipinski definition) is 3. The normalized spacial score (nSPS) is 13.1. The van der Waals surface area contributed by atoms with E-state index in [9.17, 15) is 19.6 Å². The first-order valence-corrected chi connectivity index (χ1v) is 14.2. The van der Waals surface area contributed by atoms with Gasteiger partial charge in [-0.1, -0.05) is 88.7 Å². The zero-order valence-electron chi connectivity index (χ0n) is 25.1. The Balaban J connectivity index is 2.27. The summed E-state index contributed by atoms with van der Waals surface area (Å²) < 4.78 is 5.66. The quantitative estimate of drug-likeness (QED) is 0.164. The van der Waals surface area contributed by atoms with Crippen LogP contribution in [0.4, 0.5) is 4.79 Å². The zero-order chi connectivity index (χ0) is 29.9. The summed E-state index contributed by atoms with van der Waals surface area (Å²) in [4.78, 5) is 40.8. The van der Waals surface area contributed by atoms with Crippen LogP contribution in [-0.2, 0) is 20.7 Å². The highest BCUT2D eigenvalue weighted by atomic mass is 16.6. The van der Waals surface area contributed by atoms with Crippen LogP contribution in [-0.4, -0.2) is 52.7 Å². The van der Waals surface area contributed by atoms with E-state index in [-0.39, 0.29) is 18.9 Å². The molecule has 0 saturated heterocycles. The number of carbonyl (C=O) groups is 3. The second kappa shape index (κ2) is 15.4. The third-order valence-corrected chi connectivity index (χ3v) is 6.38. The summed E-state index contributed by atoms with van der Waals surface area (Å²) in [6, 6.07) is 16.5. The highest BCUT2D eigenvalue weighted by Crippen LogP contribution is 2.21. The van der Waals surface area contributed by atoms with E-state index in [2.05, 4.69) is 19.2 Å². The molecule has 0 aliphatic heterocycles. The molecule has 2 aromatic carbocycles. The van der Waals surface area contributed by atoms with E-state index in [1.807, 2.05) is 68.4 Å². The molecule has 220 valence electrons. The number of amides is 3. The van der Waals surface area contributed by atoms with Gasteiger partial charge in [0.05, 0.1) is 5.92 Å². The lowest BCUT2D eigenvalue weighted by Gasteiger charge is -2.31. The molecule has 0 aromatic heterocycles. The zero-order valence-corrected chi connectivity index (χ0v) is 25.1. The molecule has 1 unspecified atom stereocenters. The Hall–Kier alpha value is -3.39. The van der Waals surface area contributed by atoms with Crippen LogP contribution in [0, 0.1) is 17.8 Å². The average molecular weight is 554 g/mol. The minimum absolute atomic E-state index is 0.121. The maximum Gasteiger partial charge on any atom is 0.329 e. The van der Waals surface area contributed by atoms with E-state index in [1.54, 1.807) is 31.2 Å². The topological polar surface area (TPSA) is 108 Å². The van der Waals surface area contributed by atoms with Crippen molar-refractivity contribution >= 4 is 17.9 Å². The maximum atomic E-state index is 13.6. The van der Waals surface area contributed by atoms with E-state index in [0.29, 0.717) is 18.9 Å². The van der Waals surface area contributed by atoms with Gasteiger partial charge in [0.2, 0.25) is 5.91 Å². The molecule has 0 bridgehead atoms. The summed E-state index contributed by atoms with van der Waals surface area (Å²) in [7, 11) is 0. The van der Waals surface area contributed by atoms with Gasteiger partial charge >= 0.3 is 12.0 Å². The Morgan fingerprint density at radius 3 is 1.98 bits per heavy atom. The van der Waals surface area contributed by atoms with Crippen molar-refractivity contribution in [3.05, 3.63) is 60.2 Å². The SMILES string of the molecule is CC(C)CCC(CN(CC(C)C)C(=O)N[C@@H](Cc1ccc(-c2ccccc2)cc1)C(=O)OC(C)(C)C)C(=O)NO. The molecule has 2 rings (SSSR count). The third kappa shape index (κ3) is 11.4. The Morgan fingerprint density at radius 1 is 0.850 bits per heavy atom. The van der Waals surface area contributed by atoms with E-state index in [0.717, 1.165) is 23.1 Å². The number of benzene rings is 2. The molecule has 0 radical (unpaired) electrons. The van der Waals surface area contributed by atoms with Crippen molar-refractivity contribution in [3.8, 4) is 11.1 Å². The molecule has 2 atom stereocenters. The fourth-order valence-corrected chi connectivity index (χ4v) is 4.38. The van der Waals surface area contributed by atoms with Gasteiger partial charge < -0.3 is 15.0 Å². The van der Waals surface area contributed by atoms with Gasteiger partial charge in [-0.15, -0.1) is 0 Å². The van der Waals surface area contributed by atoms with Crippen molar-refractivity contribution in [2.45, 2.75) is 79.4 Å². The lowest BCUT2D eigenvalue weighted by molar-refractivity contribution is -0.157. The molecule has 8 heteroatoms. The van der Waals surface area contributed by atoms with E-state index in [1.165, 1.54) is 0 Å². The first-order chi connectivity index (χ1) is 18.8. The number of carbonyl (C=O) groups excluding carboxylic acids is 3. The Morgan fingerprint density at radius 2 is 1.45 bits per heavy atom. The lowest BCUT2D eigenvalue weighted by Crippen LogP contribution is -2.53. The summed E-state index contributed by atoms with van der Waals surface area (Å²) in [5.41, 5.74) is 4.05. The predicted octanol–water partition coefficient (Wildman–Crippen LogP) is 5.83. The van der Waals surface area contributed by atoms with Gasteiger partial charge in [0.1, 0.15) is 11.6 Å². The minimum atomic E-state index is -0.926. The van der Waals surface area contributed by atoms with Crippen molar-refractivity contribution in [1.29, 1.82) is 0 Å². The number of urea groups is 1. The molecule has 0 heterocycles. The van der Waals surface area contributed by atoms with Gasteiger partial charge in [-0.3, -0.25) is 10.0 Å². The van der Waals surface area contributed by atoms with Crippen molar-refractivity contribution in [3.63, 3.8) is 0 Å². The van der Waals surface area contributed by atoms with Crippen LogP contribution in [0.3, 0.4) is 0 Å². The second-order valence-electron chi connectivity index (χ2n) is 12.2. The van der Waals surface area contributed by atoms with Gasteiger partial charge in [0, 0.05) is 19.5 Å². The molecule has 3 N–H and O–H groups in total. The smallest absolute Gasteiger partial charge is 0.329 e. The van der Waals surface area contributed by atoms with E-state index >= 15 is 0 Å². The van der Waals surface area contributed by atoms with Crippen molar-refractivity contribution in [2.24, 2.45) is 17.8 Å². The van der Waals surface area contributed by atoms with Crippen LogP contribution in [0.1, 0.15) is 66.9 Å². The molecular formula is C32H47N3O5. The Kier molecular flexibility index (Phi) is 12.6. The third-order valence-electron chi connectivity index (χ3n) is 6.38. The van der Waals surface area contributed by atoms with Gasteiger partial charge in [-0.25, -0.2) is 15.1 Å². The summed E-state index contributed by atoms with van der Waals surface area (Å²) in [5.74, 6) is -1.14. The number of rotatable bonds is 13. The van der Waals surface area contributed by atoms with Crippen molar-refractivity contribution in [2.75, 3.05) is 13.1 Å². The van der Waals surface area contributed by atoms with Crippen LogP contribution in [0.25, 0.3) is 11.1 Å². The molecule has 0 aliphatic carbocycles. The molecule has 0 saturated carbocycles. The molecule has 0 fully saturated rings. The number of ether oxygens (including phenoxy) is 1. The number of hydrogen-bond acceptors (Lipinski definition) is 5. The first-order valence-electron chi connectivity index (χ1n) is 14.2. The number of esters is 1. The van der Waals surface area contributed by atoms with Gasteiger partial charge in [0.15, 0.2) is 0 Å². The fraction of sp³-hybridized carbons (Fsp3) is 0.531. The maximum absolute atomic E-state index is 13.6. The molecule has 0 spiro atoms. The number of nitrogens with zero attached hydrogens (tertiary/aromatic N) is 1. The average Bonchev–Trinajstić information content (AvgIpc) is 2.89. The number of hydroxylamine groups is 1. The van der Waals surface area contributed by atoms with Gasteiger partial charge in [0.25, 0.3) is 0 Å². The molecule has 40 heavy (non-hydrogen) atoms. The van der Waals surface area contributed by atoms with Crippen LogP contribution in [0.2, 0.25) is 0 Å². The highest BCUT2D eigenvalue weighted by Gasteiger charge is 2.31. The first kappa shape index (κ1) is 32.8. The van der Waals surface area contributed by atoms with E-state index < -0.39 is 35.5 Å². The van der Waals surface area contributed by atoms with Crippen LogP contribution in [0.15, 0.2) is 54.6 Å². The lowest BCUT2D eigenvalue weighted by atomic mass is 9.96. The minimum Gasteiger partial charge on any atom is -0.458 e. The van der Waals surface area contributed by atoms with Crippen LogP contribution in [0.5, 0.6) is 0 Å². The Labute approximate surface area is 239 Å². The van der Waals surface area contributed by atoms with Crippen molar-refractivity contribution < 1.29 is 24.3 Å². The highest BCUT2D eigenvalue weighted by molar-refractivity contribution is 5.85. The van der Waals surface area contributed by atoms with Gasteiger partial charge in [-0.05, 0) is 55.7 Å². The summed E-state index contributed by atoms with van der Waals surface area (Å²) >= 11 is 0. The molecular weight excluding hydrogens is 506 g/mol. The van der Waals surface area contributed by atoms with Crippen LogP contribution < -0.4 is 10.8 Å². The molecule has 3 amide bonds. The largest absolute Gasteiger partial charge is 0.458 e. The molecule has 8 nitrogen and oxygen atoms in total. The summed E-state index contributed by atoms with van der Waals surface area (Å²) in [6.45, 7) is 14.0. The van der Waals surface area contributed by atoms with Gasteiger partial charge in [-0.2, -0.15) is 0 Å². The van der Waals surface area contributed by atoms with Crippen LogP contribution >= 0.6 is 0 Å². The fourth-order valence-electron chi connectivity index (χ4n) is 4.38. The predicted molar refractivity (Wildman–Crippen MR) is 158 cm³/mol. The Bertz CT molecular complexity index is 1080. The summed E-state index contributed by atoms with van der Waals surface area (Å²) in [6.07, 6.45) is 1.54. The monoisotopic (exact) mass is 553 g/mol. The molecule has 0 aliphatic rings. The summed E-state index contributed by atoms with van der Waals surface area (Å²) in [5, 5.41) is 12.2. The second-order valence-corrected chi connectivity index (χ2v) is 12.2. The number of nitrogens with one attached hydrogen (secondary N) is 2. The van der Waals surface area contributed by atoms with Crippen molar-refractivity contribution in [1.82, 2.24) is 15.7 Å². The molecule has 2 aromatic rings. The standard InChI is InChI=1S/C32H47N3O5/c1-22(2)13-16-27(29(36)34-39)21-35(20-23(3)4)31(38)33-28(30(37)40-32(5,6)7)19-24-14-17-26(18-15-24)25-11-9-8-10-12-25/h8-12,14-15,17-18,22-23,27-28,39H,13,16,19-21H2,1-7H3,(H,33,38)(H,34,36)/t27?,28-/m0/s1. The van der Waals surface area contributed by atoms with E-state index in [4.69, 9.17) is 4.74 Å².